The molecule has 1 aromatic rings. The fourth-order valence-corrected chi connectivity index (χ4v) is 2.20. The number of rotatable bonds is 2. The molecule has 2 rings (SSSR count). The molecular weight excluding hydrogens is 210 g/mol. The smallest absolute Gasteiger partial charge is 0.263 e. The Balaban J connectivity index is 2.54. The minimum Gasteiger partial charge on any atom is -0.263 e. The SMILES string of the molecule is CCC(C)(C)c1cnn2c1C(F)(F)CCC2. The molecule has 4 heteroatoms. The lowest BCUT2D eigenvalue weighted by molar-refractivity contribution is -0.0381. The first-order chi connectivity index (χ1) is 7.38. The summed E-state index contributed by atoms with van der Waals surface area (Å²) in [6.45, 7) is 6.63. The van der Waals surface area contributed by atoms with Crippen molar-refractivity contribution >= 4 is 0 Å². The van der Waals surface area contributed by atoms with Crippen molar-refractivity contribution in [2.45, 2.75) is 57.9 Å². The van der Waals surface area contributed by atoms with E-state index in [2.05, 4.69) is 5.10 Å². The molecule has 0 N–H and O–H groups in total. The van der Waals surface area contributed by atoms with Gasteiger partial charge >= 0.3 is 0 Å². The largest absolute Gasteiger partial charge is 0.289 e. The van der Waals surface area contributed by atoms with Crippen molar-refractivity contribution in [3.05, 3.63) is 17.5 Å². The summed E-state index contributed by atoms with van der Waals surface area (Å²) in [6, 6.07) is 0. The number of aromatic nitrogens is 2. The van der Waals surface area contributed by atoms with Crippen LogP contribution in [0.3, 0.4) is 0 Å². The molecule has 0 aliphatic carbocycles. The topological polar surface area (TPSA) is 17.8 Å². The van der Waals surface area contributed by atoms with E-state index in [1.165, 1.54) is 4.68 Å². The van der Waals surface area contributed by atoms with Gasteiger partial charge in [-0.25, -0.2) is 0 Å². The van der Waals surface area contributed by atoms with Crippen LogP contribution in [-0.2, 0) is 17.9 Å². The van der Waals surface area contributed by atoms with E-state index >= 15 is 0 Å². The molecule has 1 aliphatic rings. The number of nitrogens with zero attached hydrogens (tertiary/aromatic N) is 2. The van der Waals surface area contributed by atoms with Crippen LogP contribution < -0.4 is 0 Å². The van der Waals surface area contributed by atoms with Crippen molar-refractivity contribution in [3.63, 3.8) is 0 Å². The van der Waals surface area contributed by atoms with Gasteiger partial charge in [-0.1, -0.05) is 20.8 Å². The molecule has 90 valence electrons. The second-order valence-electron chi connectivity index (χ2n) is 5.18. The summed E-state index contributed by atoms with van der Waals surface area (Å²) in [5.41, 5.74) is 0.624. The van der Waals surface area contributed by atoms with E-state index in [1.54, 1.807) is 6.20 Å². The zero-order valence-electron chi connectivity index (χ0n) is 10.1. The first-order valence-corrected chi connectivity index (χ1v) is 5.83. The summed E-state index contributed by atoms with van der Waals surface area (Å²) >= 11 is 0. The van der Waals surface area contributed by atoms with E-state index in [0.29, 0.717) is 18.5 Å². The Morgan fingerprint density at radius 2 is 2.19 bits per heavy atom. The van der Waals surface area contributed by atoms with Crippen LogP contribution in [0.2, 0.25) is 0 Å². The third-order valence-electron chi connectivity index (χ3n) is 3.66. The molecule has 16 heavy (non-hydrogen) atoms. The third-order valence-corrected chi connectivity index (χ3v) is 3.66. The average molecular weight is 228 g/mol. The Bertz CT molecular complexity index is 394. The van der Waals surface area contributed by atoms with E-state index in [4.69, 9.17) is 0 Å². The minimum atomic E-state index is -2.71. The van der Waals surface area contributed by atoms with Gasteiger partial charge in [0.1, 0.15) is 5.69 Å². The lowest BCUT2D eigenvalue weighted by Crippen LogP contribution is -2.30. The second kappa shape index (κ2) is 3.54. The predicted molar refractivity (Wildman–Crippen MR) is 58.7 cm³/mol. The standard InChI is InChI=1S/C12H18F2N2/c1-4-11(2,3)9-8-15-16-7-5-6-12(13,14)10(9)16/h8H,4-7H2,1-3H3. The Morgan fingerprint density at radius 3 is 2.81 bits per heavy atom. The van der Waals surface area contributed by atoms with E-state index in [-0.39, 0.29) is 17.5 Å². The number of aryl methyl sites for hydroxylation is 1. The molecular formula is C12H18F2N2. The molecule has 0 saturated heterocycles. The van der Waals surface area contributed by atoms with Crippen molar-refractivity contribution in [1.29, 1.82) is 0 Å². The molecule has 0 spiro atoms. The van der Waals surface area contributed by atoms with Crippen LogP contribution >= 0.6 is 0 Å². The highest BCUT2D eigenvalue weighted by atomic mass is 19.3. The van der Waals surface area contributed by atoms with Gasteiger partial charge in [0.2, 0.25) is 0 Å². The quantitative estimate of drug-likeness (QED) is 0.758. The molecule has 0 bridgehead atoms. The van der Waals surface area contributed by atoms with Crippen LogP contribution in [0.15, 0.2) is 6.20 Å². The van der Waals surface area contributed by atoms with Gasteiger partial charge in [0.15, 0.2) is 0 Å². The first kappa shape index (κ1) is 11.6. The number of hydrogen-bond donors (Lipinski definition) is 0. The Hall–Kier alpha value is -0.930. The lowest BCUT2D eigenvalue weighted by Gasteiger charge is -2.29. The fourth-order valence-electron chi connectivity index (χ4n) is 2.20. The molecule has 2 nitrogen and oxygen atoms in total. The minimum absolute atomic E-state index is 0.0501. The molecule has 0 radical (unpaired) electrons. The molecule has 0 amide bonds. The first-order valence-electron chi connectivity index (χ1n) is 5.83. The zero-order valence-corrected chi connectivity index (χ0v) is 10.1. The molecule has 1 aromatic heterocycles. The van der Waals surface area contributed by atoms with Crippen molar-refractivity contribution in [1.82, 2.24) is 9.78 Å². The fraction of sp³-hybridized carbons (Fsp3) is 0.750. The molecule has 0 fully saturated rings. The highest BCUT2D eigenvalue weighted by molar-refractivity contribution is 5.30. The van der Waals surface area contributed by atoms with Gasteiger partial charge in [0.25, 0.3) is 5.92 Å². The van der Waals surface area contributed by atoms with Gasteiger partial charge in [0.05, 0.1) is 6.20 Å². The monoisotopic (exact) mass is 228 g/mol. The number of halogens is 2. The molecule has 1 aliphatic heterocycles. The zero-order chi connectivity index (χ0) is 12.0. The van der Waals surface area contributed by atoms with Crippen LogP contribution in [0, 0.1) is 0 Å². The predicted octanol–water partition coefficient (Wildman–Crippen LogP) is 3.46. The number of fused-ring (bicyclic) bond motifs is 1. The van der Waals surface area contributed by atoms with Gasteiger partial charge in [-0.3, -0.25) is 4.68 Å². The molecule has 0 saturated carbocycles. The summed E-state index contributed by atoms with van der Waals surface area (Å²) in [4.78, 5) is 0. The van der Waals surface area contributed by atoms with Crippen molar-refractivity contribution in [2.75, 3.05) is 0 Å². The summed E-state index contributed by atoms with van der Waals surface area (Å²) in [5, 5.41) is 4.10. The van der Waals surface area contributed by atoms with Crippen LogP contribution in [0.1, 0.15) is 51.3 Å². The number of hydrogen-bond acceptors (Lipinski definition) is 1. The Labute approximate surface area is 94.6 Å². The van der Waals surface area contributed by atoms with Gasteiger partial charge in [0, 0.05) is 18.5 Å². The van der Waals surface area contributed by atoms with Gasteiger partial charge < -0.3 is 0 Å². The van der Waals surface area contributed by atoms with Crippen LogP contribution in [0.25, 0.3) is 0 Å². The van der Waals surface area contributed by atoms with Crippen LogP contribution in [0.5, 0.6) is 0 Å². The highest BCUT2D eigenvalue weighted by Crippen LogP contribution is 2.42. The molecule has 0 aromatic carbocycles. The summed E-state index contributed by atoms with van der Waals surface area (Å²) in [7, 11) is 0. The van der Waals surface area contributed by atoms with Crippen molar-refractivity contribution in [2.24, 2.45) is 0 Å². The van der Waals surface area contributed by atoms with Crippen LogP contribution in [-0.4, -0.2) is 9.78 Å². The second-order valence-corrected chi connectivity index (χ2v) is 5.18. The Kier molecular flexibility index (Phi) is 2.55. The number of alkyl halides is 2. The summed E-state index contributed by atoms with van der Waals surface area (Å²) < 4.78 is 29.3. The maximum Gasteiger partial charge on any atom is 0.289 e. The summed E-state index contributed by atoms with van der Waals surface area (Å²) in [5.74, 6) is -2.71. The van der Waals surface area contributed by atoms with Crippen molar-refractivity contribution < 1.29 is 8.78 Å². The van der Waals surface area contributed by atoms with Gasteiger partial charge in [-0.2, -0.15) is 13.9 Å². The average Bonchev–Trinajstić information content (AvgIpc) is 2.63. The highest BCUT2D eigenvalue weighted by Gasteiger charge is 2.43. The maximum atomic E-state index is 13.9. The van der Waals surface area contributed by atoms with Gasteiger partial charge in [-0.05, 0) is 18.3 Å². The van der Waals surface area contributed by atoms with Crippen LogP contribution in [0.4, 0.5) is 8.78 Å². The van der Waals surface area contributed by atoms with Crippen molar-refractivity contribution in [3.8, 4) is 0 Å². The Morgan fingerprint density at radius 1 is 1.50 bits per heavy atom. The summed E-state index contributed by atoms with van der Waals surface area (Å²) in [6.07, 6.45) is 2.92. The van der Waals surface area contributed by atoms with Gasteiger partial charge in [-0.15, -0.1) is 0 Å². The van der Waals surface area contributed by atoms with E-state index in [0.717, 1.165) is 6.42 Å². The molecule has 0 unspecified atom stereocenters. The van der Waals surface area contributed by atoms with E-state index < -0.39 is 5.92 Å². The van der Waals surface area contributed by atoms with E-state index in [9.17, 15) is 8.78 Å². The maximum absolute atomic E-state index is 13.9. The van der Waals surface area contributed by atoms with E-state index in [1.807, 2.05) is 20.8 Å². The third kappa shape index (κ3) is 1.64. The lowest BCUT2D eigenvalue weighted by atomic mass is 9.80. The molecule has 0 atom stereocenters. The normalized spacial score (nSPS) is 19.6. The molecule has 2 heterocycles.